The van der Waals surface area contributed by atoms with Gasteiger partial charge in [0.05, 0.1) is 6.33 Å². The molecule has 1 rings (SSSR count). The molecule has 4 heteroatoms. The fraction of sp³-hybridized carbons (Fsp3) is 0.500. The fourth-order valence-corrected chi connectivity index (χ4v) is 0.934. The van der Waals surface area contributed by atoms with Crippen molar-refractivity contribution in [1.29, 1.82) is 0 Å². The minimum atomic E-state index is -0.967. The van der Waals surface area contributed by atoms with Crippen molar-refractivity contribution in [2.75, 3.05) is 0 Å². The third-order valence-electron chi connectivity index (χ3n) is 1.62. The molecule has 0 aliphatic rings. The Morgan fingerprint density at radius 2 is 2.50 bits per heavy atom. The standard InChI is InChI=1S/C8H12N2O2/c1-2-3-4-10-5-7(8(11)12)9-6-10/h5-6H,2-4H2,1H3,(H,11,12). The van der Waals surface area contributed by atoms with Crippen LogP contribution in [0.4, 0.5) is 0 Å². The quantitative estimate of drug-likeness (QED) is 0.738. The van der Waals surface area contributed by atoms with Gasteiger partial charge in [0.25, 0.3) is 0 Å². The van der Waals surface area contributed by atoms with Crippen molar-refractivity contribution in [3.05, 3.63) is 18.2 Å². The number of rotatable bonds is 4. The number of aromatic nitrogens is 2. The van der Waals surface area contributed by atoms with Gasteiger partial charge in [-0.2, -0.15) is 0 Å². The van der Waals surface area contributed by atoms with Gasteiger partial charge < -0.3 is 9.67 Å². The Morgan fingerprint density at radius 1 is 1.75 bits per heavy atom. The molecule has 0 bridgehead atoms. The maximum atomic E-state index is 10.4. The molecule has 0 saturated carbocycles. The van der Waals surface area contributed by atoms with E-state index in [9.17, 15) is 4.79 Å². The van der Waals surface area contributed by atoms with E-state index in [2.05, 4.69) is 11.9 Å². The molecule has 0 spiro atoms. The molecule has 0 amide bonds. The molecule has 66 valence electrons. The highest BCUT2D eigenvalue weighted by atomic mass is 16.4. The van der Waals surface area contributed by atoms with Crippen molar-refractivity contribution in [3.63, 3.8) is 0 Å². The van der Waals surface area contributed by atoms with Gasteiger partial charge in [-0.15, -0.1) is 0 Å². The van der Waals surface area contributed by atoms with E-state index in [-0.39, 0.29) is 5.69 Å². The second-order valence-electron chi connectivity index (χ2n) is 2.66. The van der Waals surface area contributed by atoms with Crippen LogP contribution in [-0.4, -0.2) is 20.6 Å². The fourth-order valence-electron chi connectivity index (χ4n) is 0.934. The van der Waals surface area contributed by atoms with Gasteiger partial charge in [0, 0.05) is 12.7 Å². The second kappa shape index (κ2) is 3.90. The predicted octanol–water partition coefficient (Wildman–Crippen LogP) is 1.38. The van der Waals surface area contributed by atoms with Gasteiger partial charge in [-0.1, -0.05) is 13.3 Å². The highest BCUT2D eigenvalue weighted by molar-refractivity contribution is 5.84. The van der Waals surface area contributed by atoms with E-state index in [1.807, 2.05) is 0 Å². The lowest BCUT2D eigenvalue weighted by Gasteiger charge is -1.96. The summed E-state index contributed by atoms with van der Waals surface area (Å²) in [6.45, 7) is 2.94. The third kappa shape index (κ3) is 2.08. The number of imidazole rings is 1. The number of aromatic carboxylic acids is 1. The van der Waals surface area contributed by atoms with Gasteiger partial charge in [-0.3, -0.25) is 0 Å². The monoisotopic (exact) mass is 168 g/mol. The molecule has 0 saturated heterocycles. The summed E-state index contributed by atoms with van der Waals surface area (Å²) in [5, 5.41) is 8.55. The zero-order valence-corrected chi connectivity index (χ0v) is 7.03. The molecule has 1 heterocycles. The first-order chi connectivity index (χ1) is 5.74. The van der Waals surface area contributed by atoms with E-state index >= 15 is 0 Å². The van der Waals surface area contributed by atoms with E-state index in [0.717, 1.165) is 19.4 Å². The highest BCUT2D eigenvalue weighted by Crippen LogP contribution is 1.98. The first-order valence-corrected chi connectivity index (χ1v) is 3.99. The Hall–Kier alpha value is -1.32. The highest BCUT2D eigenvalue weighted by Gasteiger charge is 2.05. The minimum absolute atomic E-state index is 0.117. The Labute approximate surface area is 70.9 Å². The summed E-state index contributed by atoms with van der Waals surface area (Å²) in [5.74, 6) is -0.967. The number of hydrogen-bond donors (Lipinski definition) is 1. The van der Waals surface area contributed by atoms with E-state index in [0.29, 0.717) is 0 Å². The number of unbranched alkanes of at least 4 members (excludes halogenated alkanes) is 1. The van der Waals surface area contributed by atoms with Crippen molar-refractivity contribution >= 4 is 5.97 Å². The third-order valence-corrected chi connectivity index (χ3v) is 1.62. The maximum Gasteiger partial charge on any atom is 0.356 e. The molecular weight excluding hydrogens is 156 g/mol. The van der Waals surface area contributed by atoms with Crippen LogP contribution in [0.15, 0.2) is 12.5 Å². The SMILES string of the molecule is CCCCn1cnc(C(=O)O)c1. The lowest BCUT2D eigenvalue weighted by Crippen LogP contribution is -1.96. The predicted molar refractivity (Wildman–Crippen MR) is 44.1 cm³/mol. The Balaban J connectivity index is 2.58. The molecular formula is C8H12N2O2. The van der Waals surface area contributed by atoms with Gasteiger partial charge in [0.15, 0.2) is 5.69 Å². The van der Waals surface area contributed by atoms with Gasteiger partial charge in [-0.05, 0) is 6.42 Å². The average molecular weight is 168 g/mol. The van der Waals surface area contributed by atoms with Crippen molar-refractivity contribution in [1.82, 2.24) is 9.55 Å². The van der Waals surface area contributed by atoms with E-state index in [1.54, 1.807) is 17.1 Å². The summed E-state index contributed by atoms with van der Waals surface area (Å²) >= 11 is 0. The lowest BCUT2D eigenvalue weighted by molar-refractivity contribution is 0.0691. The largest absolute Gasteiger partial charge is 0.476 e. The second-order valence-corrected chi connectivity index (χ2v) is 2.66. The van der Waals surface area contributed by atoms with Crippen LogP contribution >= 0.6 is 0 Å². The summed E-state index contributed by atoms with van der Waals surface area (Å²) in [6.07, 6.45) is 5.26. The number of hydrogen-bond acceptors (Lipinski definition) is 2. The molecule has 0 aromatic carbocycles. The smallest absolute Gasteiger partial charge is 0.356 e. The van der Waals surface area contributed by atoms with Crippen LogP contribution in [-0.2, 0) is 6.54 Å². The Morgan fingerprint density at radius 3 is 3.00 bits per heavy atom. The number of aryl methyl sites for hydroxylation is 1. The van der Waals surface area contributed by atoms with Gasteiger partial charge in [0.2, 0.25) is 0 Å². The molecule has 0 aliphatic carbocycles. The van der Waals surface area contributed by atoms with Gasteiger partial charge in [-0.25, -0.2) is 9.78 Å². The minimum Gasteiger partial charge on any atom is -0.476 e. The molecule has 4 nitrogen and oxygen atoms in total. The van der Waals surface area contributed by atoms with Crippen LogP contribution in [0, 0.1) is 0 Å². The van der Waals surface area contributed by atoms with Gasteiger partial charge >= 0.3 is 5.97 Å². The normalized spacial score (nSPS) is 10.1. The topological polar surface area (TPSA) is 55.1 Å². The molecule has 1 aromatic heterocycles. The van der Waals surface area contributed by atoms with Crippen LogP contribution in [0.1, 0.15) is 30.3 Å². The van der Waals surface area contributed by atoms with Crippen molar-refractivity contribution in [2.24, 2.45) is 0 Å². The first kappa shape index (κ1) is 8.77. The number of carboxylic acid groups (broad SMARTS) is 1. The molecule has 0 radical (unpaired) electrons. The molecule has 12 heavy (non-hydrogen) atoms. The van der Waals surface area contributed by atoms with Crippen molar-refractivity contribution in [2.45, 2.75) is 26.3 Å². The molecule has 1 N–H and O–H groups in total. The Kier molecular flexibility index (Phi) is 2.85. The summed E-state index contributed by atoms with van der Waals surface area (Å²) in [7, 11) is 0. The maximum absolute atomic E-state index is 10.4. The van der Waals surface area contributed by atoms with Crippen LogP contribution in [0.25, 0.3) is 0 Å². The zero-order chi connectivity index (χ0) is 8.97. The number of carboxylic acids is 1. The summed E-state index contributed by atoms with van der Waals surface area (Å²) in [4.78, 5) is 14.1. The summed E-state index contributed by atoms with van der Waals surface area (Å²) in [6, 6.07) is 0. The molecule has 1 aromatic rings. The van der Waals surface area contributed by atoms with Crippen LogP contribution in [0.2, 0.25) is 0 Å². The number of carbonyl (C=O) groups is 1. The molecule has 0 aliphatic heterocycles. The summed E-state index contributed by atoms with van der Waals surface area (Å²) in [5.41, 5.74) is 0.117. The van der Waals surface area contributed by atoms with E-state index < -0.39 is 5.97 Å². The van der Waals surface area contributed by atoms with Crippen molar-refractivity contribution < 1.29 is 9.90 Å². The van der Waals surface area contributed by atoms with Crippen LogP contribution in [0.3, 0.4) is 0 Å². The van der Waals surface area contributed by atoms with Crippen LogP contribution in [0.5, 0.6) is 0 Å². The summed E-state index contributed by atoms with van der Waals surface area (Å²) < 4.78 is 1.80. The zero-order valence-electron chi connectivity index (χ0n) is 7.03. The first-order valence-electron chi connectivity index (χ1n) is 3.99. The van der Waals surface area contributed by atoms with Crippen LogP contribution < -0.4 is 0 Å². The van der Waals surface area contributed by atoms with E-state index in [4.69, 9.17) is 5.11 Å². The number of nitrogens with zero attached hydrogens (tertiary/aromatic N) is 2. The molecule has 0 unspecified atom stereocenters. The lowest BCUT2D eigenvalue weighted by atomic mass is 10.3. The molecule has 0 fully saturated rings. The van der Waals surface area contributed by atoms with E-state index in [1.165, 1.54) is 0 Å². The van der Waals surface area contributed by atoms with Gasteiger partial charge in [0.1, 0.15) is 0 Å². The molecule has 0 atom stereocenters. The Bertz CT molecular complexity index is 268. The van der Waals surface area contributed by atoms with Crippen molar-refractivity contribution in [3.8, 4) is 0 Å². The average Bonchev–Trinajstić information content (AvgIpc) is 2.48.